The van der Waals surface area contributed by atoms with Gasteiger partial charge in [-0.3, -0.25) is 0 Å². The number of rotatable bonds is 3. The summed E-state index contributed by atoms with van der Waals surface area (Å²) in [6, 6.07) is 0.0895. The van der Waals surface area contributed by atoms with Crippen LogP contribution in [0, 0.1) is 0 Å². The Morgan fingerprint density at radius 1 is 1.37 bits per heavy atom. The van der Waals surface area contributed by atoms with Crippen molar-refractivity contribution in [2.45, 2.75) is 42.2 Å². The second-order valence-electron chi connectivity index (χ2n) is 4.66. The Morgan fingerprint density at radius 2 is 2.21 bits per heavy atom. The summed E-state index contributed by atoms with van der Waals surface area (Å²) in [6.07, 6.45) is 7.36. The fourth-order valence-corrected chi connectivity index (χ4v) is 3.85. The van der Waals surface area contributed by atoms with E-state index in [9.17, 15) is 5.11 Å². The monoisotopic (exact) mass is 296 g/mol. The number of fused-ring (bicyclic) bond motifs is 1. The highest BCUT2D eigenvalue weighted by molar-refractivity contribution is 8.00. The topological polar surface area (TPSA) is 70.9 Å². The Kier molecular flexibility index (Phi) is 3.86. The van der Waals surface area contributed by atoms with Crippen molar-refractivity contribution in [3.8, 4) is 0 Å². The lowest BCUT2D eigenvalue weighted by Gasteiger charge is -2.28. The molecule has 1 aliphatic rings. The number of hydrogen-bond acceptors (Lipinski definition) is 7. The fourth-order valence-electron chi connectivity index (χ4n) is 2.38. The van der Waals surface area contributed by atoms with Crippen LogP contribution in [-0.2, 0) is 0 Å². The standard InChI is InChI=1S/C12H16N4OS2/c1-18-12-16-11-9(19-12)10(13-6-14-11)15-7-4-2-3-5-8(7)17/h6-8,17H,2-5H2,1H3,(H,13,14,15)/t7-,8-/m0/s1. The number of thiazole rings is 1. The third-order valence-corrected chi connectivity index (χ3v) is 5.43. The van der Waals surface area contributed by atoms with Crippen LogP contribution in [0.5, 0.6) is 0 Å². The van der Waals surface area contributed by atoms with E-state index < -0.39 is 0 Å². The maximum absolute atomic E-state index is 10.0. The predicted octanol–water partition coefficient (Wildman–Crippen LogP) is 2.52. The van der Waals surface area contributed by atoms with Gasteiger partial charge in [0.05, 0.1) is 12.1 Å². The number of hydrogen-bond donors (Lipinski definition) is 2. The first kappa shape index (κ1) is 13.1. The molecule has 0 spiro atoms. The van der Waals surface area contributed by atoms with Gasteiger partial charge in [0.25, 0.3) is 0 Å². The van der Waals surface area contributed by atoms with Gasteiger partial charge in [0.15, 0.2) is 9.99 Å². The van der Waals surface area contributed by atoms with Crippen LogP contribution in [0.1, 0.15) is 25.7 Å². The average molecular weight is 296 g/mol. The Labute approximate surface area is 119 Å². The fraction of sp³-hybridized carbons (Fsp3) is 0.583. The van der Waals surface area contributed by atoms with E-state index in [1.165, 1.54) is 6.33 Å². The summed E-state index contributed by atoms with van der Waals surface area (Å²) in [5, 5.41) is 13.4. The summed E-state index contributed by atoms with van der Waals surface area (Å²) in [4.78, 5) is 12.9. The minimum absolute atomic E-state index is 0.0895. The van der Waals surface area contributed by atoms with Crippen molar-refractivity contribution in [3.63, 3.8) is 0 Å². The average Bonchev–Trinajstić information content (AvgIpc) is 2.85. The van der Waals surface area contributed by atoms with E-state index in [0.29, 0.717) is 0 Å². The number of aliphatic hydroxyl groups excluding tert-OH is 1. The van der Waals surface area contributed by atoms with Crippen LogP contribution >= 0.6 is 23.1 Å². The van der Waals surface area contributed by atoms with E-state index in [-0.39, 0.29) is 12.1 Å². The summed E-state index contributed by atoms with van der Waals surface area (Å²) in [7, 11) is 0. The van der Waals surface area contributed by atoms with Crippen LogP contribution in [-0.4, -0.2) is 38.5 Å². The second-order valence-corrected chi connectivity index (χ2v) is 6.71. The molecule has 0 bridgehead atoms. The molecule has 2 heterocycles. The maximum Gasteiger partial charge on any atom is 0.176 e. The second kappa shape index (κ2) is 5.60. The molecule has 0 amide bonds. The minimum Gasteiger partial charge on any atom is -0.391 e. The van der Waals surface area contributed by atoms with Crippen LogP contribution in [0.15, 0.2) is 10.7 Å². The lowest BCUT2D eigenvalue weighted by molar-refractivity contribution is 0.116. The van der Waals surface area contributed by atoms with Crippen LogP contribution in [0.25, 0.3) is 10.3 Å². The third kappa shape index (κ3) is 2.68. The SMILES string of the molecule is CSc1nc2ncnc(N[C@H]3CCCC[C@@H]3O)c2s1. The van der Waals surface area contributed by atoms with E-state index >= 15 is 0 Å². The van der Waals surface area contributed by atoms with Crippen LogP contribution < -0.4 is 5.32 Å². The first-order valence-electron chi connectivity index (χ1n) is 6.38. The molecule has 102 valence electrons. The lowest BCUT2D eigenvalue weighted by atomic mass is 9.93. The van der Waals surface area contributed by atoms with E-state index in [0.717, 1.165) is 46.2 Å². The van der Waals surface area contributed by atoms with E-state index in [1.807, 2.05) is 6.26 Å². The predicted molar refractivity (Wildman–Crippen MR) is 78.9 cm³/mol. The Morgan fingerprint density at radius 3 is 3.00 bits per heavy atom. The van der Waals surface area contributed by atoms with Gasteiger partial charge < -0.3 is 10.4 Å². The zero-order chi connectivity index (χ0) is 13.2. The molecule has 2 N–H and O–H groups in total. The van der Waals surface area contributed by atoms with Gasteiger partial charge in [0.1, 0.15) is 16.8 Å². The molecule has 19 heavy (non-hydrogen) atoms. The van der Waals surface area contributed by atoms with Gasteiger partial charge in [-0.25, -0.2) is 15.0 Å². The number of thioether (sulfide) groups is 1. The van der Waals surface area contributed by atoms with E-state index in [2.05, 4.69) is 20.3 Å². The smallest absolute Gasteiger partial charge is 0.176 e. The molecule has 5 nitrogen and oxygen atoms in total. The van der Waals surface area contributed by atoms with E-state index in [1.54, 1.807) is 23.1 Å². The number of nitrogens with zero attached hydrogens (tertiary/aromatic N) is 3. The Hall–Kier alpha value is -0.920. The summed E-state index contributed by atoms with van der Waals surface area (Å²) in [5.74, 6) is 0.800. The zero-order valence-corrected chi connectivity index (χ0v) is 12.3. The summed E-state index contributed by atoms with van der Waals surface area (Å²) in [5.41, 5.74) is 0.733. The largest absolute Gasteiger partial charge is 0.391 e. The molecule has 0 aliphatic heterocycles. The molecule has 1 fully saturated rings. The van der Waals surface area contributed by atoms with Gasteiger partial charge in [-0.1, -0.05) is 24.6 Å². The van der Waals surface area contributed by atoms with Crippen molar-refractivity contribution >= 4 is 39.3 Å². The summed E-state index contributed by atoms with van der Waals surface area (Å²) >= 11 is 3.21. The Bertz CT molecular complexity index is 574. The van der Waals surface area contributed by atoms with Crippen molar-refractivity contribution in [1.82, 2.24) is 15.0 Å². The molecular weight excluding hydrogens is 280 g/mol. The van der Waals surface area contributed by atoms with E-state index in [4.69, 9.17) is 0 Å². The zero-order valence-electron chi connectivity index (χ0n) is 10.7. The molecule has 0 unspecified atom stereocenters. The van der Waals surface area contributed by atoms with Crippen LogP contribution in [0.2, 0.25) is 0 Å². The highest BCUT2D eigenvalue weighted by Crippen LogP contribution is 2.32. The third-order valence-electron chi connectivity index (χ3n) is 3.40. The molecule has 0 saturated heterocycles. The summed E-state index contributed by atoms with van der Waals surface area (Å²) in [6.45, 7) is 0. The van der Waals surface area contributed by atoms with Gasteiger partial charge >= 0.3 is 0 Å². The molecule has 0 radical (unpaired) electrons. The van der Waals surface area contributed by atoms with Gasteiger partial charge in [0, 0.05) is 0 Å². The number of anilines is 1. The van der Waals surface area contributed by atoms with Crippen molar-refractivity contribution in [2.75, 3.05) is 11.6 Å². The normalized spacial score (nSPS) is 23.7. The number of nitrogens with one attached hydrogen (secondary N) is 1. The molecule has 3 rings (SSSR count). The lowest BCUT2D eigenvalue weighted by Crippen LogP contribution is -2.36. The Balaban J connectivity index is 1.89. The minimum atomic E-state index is -0.285. The molecule has 1 aliphatic carbocycles. The number of aliphatic hydroxyl groups is 1. The molecular formula is C12H16N4OS2. The molecule has 2 aromatic heterocycles. The molecule has 2 aromatic rings. The van der Waals surface area contributed by atoms with Gasteiger partial charge in [-0.2, -0.15) is 0 Å². The quantitative estimate of drug-likeness (QED) is 0.848. The highest BCUT2D eigenvalue weighted by Gasteiger charge is 2.24. The highest BCUT2D eigenvalue weighted by atomic mass is 32.2. The number of aromatic nitrogens is 3. The van der Waals surface area contributed by atoms with Crippen molar-refractivity contribution < 1.29 is 5.11 Å². The first-order valence-corrected chi connectivity index (χ1v) is 8.42. The van der Waals surface area contributed by atoms with Gasteiger partial charge in [-0.15, -0.1) is 11.3 Å². The molecule has 1 saturated carbocycles. The van der Waals surface area contributed by atoms with Crippen LogP contribution in [0.4, 0.5) is 5.82 Å². The molecule has 2 atom stereocenters. The molecule has 0 aromatic carbocycles. The van der Waals surface area contributed by atoms with Crippen molar-refractivity contribution in [3.05, 3.63) is 6.33 Å². The van der Waals surface area contributed by atoms with Gasteiger partial charge in [0.2, 0.25) is 0 Å². The van der Waals surface area contributed by atoms with Crippen molar-refractivity contribution in [2.24, 2.45) is 0 Å². The van der Waals surface area contributed by atoms with Crippen LogP contribution in [0.3, 0.4) is 0 Å². The summed E-state index contributed by atoms with van der Waals surface area (Å²) < 4.78 is 1.97. The maximum atomic E-state index is 10.0. The first-order chi connectivity index (χ1) is 9.28. The van der Waals surface area contributed by atoms with Crippen molar-refractivity contribution in [1.29, 1.82) is 0 Å². The van der Waals surface area contributed by atoms with Gasteiger partial charge in [-0.05, 0) is 19.1 Å². The molecule has 7 heteroatoms.